The fraction of sp³-hybridized carbons (Fsp3) is 0.500. The Morgan fingerprint density at radius 1 is 1.18 bits per heavy atom. The van der Waals surface area contributed by atoms with Crippen molar-refractivity contribution in [2.24, 2.45) is 0 Å². The molecular weight excluding hydrogens is 363 g/mol. The second kappa shape index (κ2) is 19.0. The molecule has 0 aliphatic rings. The SMILES string of the molecule is [CH][CH-]C[C-](C)C[CH-]C.[Y].[Y].[Y]. The van der Waals surface area contributed by atoms with Crippen LogP contribution >= 0.6 is 0 Å². The summed E-state index contributed by atoms with van der Waals surface area (Å²) >= 11 is 0. The van der Waals surface area contributed by atoms with Gasteiger partial charge in [-0.1, -0.05) is 0 Å². The predicted molar refractivity (Wildman–Crippen MR) is 36.7 cm³/mol. The summed E-state index contributed by atoms with van der Waals surface area (Å²) in [6.45, 7) is 9.37. The minimum absolute atomic E-state index is 0. The second-order valence-electron chi connectivity index (χ2n) is 2.01. The summed E-state index contributed by atoms with van der Waals surface area (Å²) in [5, 5.41) is 0. The van der Waals surface area contributed by atoms with Gasteiger partial charge in [-0.2, -0.15) is 13.8 Å². The van der Waals surface area contributed by atoms with E-state index < -0.39 is 0 Å². The Bertz CT molecular complexity index is 42.6. The largest absolute Gasteiger partial charge is 0.374 e. The van der Waals surface area contributed by atoms with E-state index in [1.165, 1.54) is 5.92 Å². The quantitative estimate of drug-likeness (QED) is 0.662. The maximum atomic E-state index is 5.20. The van der Waals surface area contributed by atoms with Gasteiger partial charge in [0.25, 0.3) is 0 Å². The molecule has 0 fully saturated rings. The first-order valence-corrected chi connectivity index (χ1v) is 2.93. The number of rotatable bonds is 4. The summed E-state index contributed by atoms with van der Waals surface area (Å²) in [5.74, 6) is 1.43. The van der Waals surface area contributed by atoms with E-state index in [2.05, 4.69) is 20.3 Å². The summed E-state index contributed by atoms with van der Waals surface area (Å²) < 4.78 is 0. The molecule has 0 saturated carbocycles. The summed E-state index contributed by atoms with van der Waals surface area (Å²) in [4.78, 5) is 0. The van der Waals surface area contributed by atoms with Crippen LogP contribution in [0, 0.1) is 25.7 Å². The summed E-state index contributed by atoms with van der Waals surface area (Å²) in [7, 11) is 0. The molecular formula is C8H13Y3-3. The maximum Gasteiger partial charge on any atom is 0 e. The summed E-state index contributed by atoms with van der Waals surface area (Å²) in [5.41, 5.74) is 0. The Balaban J connectivity index is -0.0000000817. The molecule has 0 rings (SSSR count). The molecule has 0 nitrogen and oxygen atoms in total. The molecule has 0 saturated heterocycles. The van der Waals surface area contributed by atoms with Gasteiger partial charge >= 0.3 is 0 Å². The smallest absolute Gasteiger partial charge is 0 e. The Morgan fingerprint density at radius 3 is 1.91 bits per heavy atom. The zero-order chi connectivity index (χ0) is 6.41. The topological polar surface area (TPSA) is 0 Å². The second-order valence-corrected chi connectivity index (χ2v) is 2.01. The Labute approximate surface area is 147 Å². The third-order valence-electron chi connectivity index (χ3n) is 1.02. The molecule has 0 atom stereocenters. The van der Waals surface area contributed by atoms with Crippen molar-refractivity contribution in [2.75, 3.05) is 0 Å². The molecule has 11 heavy (non-hydrogen) atoms. The normalized spacial score (nSPS) is 7.64. The van der Waals surface area contributed by atoms with Crippen LogP contribution in [-0.4, -0.2) is 0 Å². The third kappa shape index (κ3) is 19.6. The molecule has 5 radical (unpaired) electrons. The van der Waals surface area contributed by atoms with E-state index in [9.17, 15) is 0 Å². The van der Waals surface area contributed by atoms with Gasteiger partial charge in [0.1, 0.15) is 0 Å². The Morgan fingerprint density at radius 2 is 1.64 bits per heavy atom. The van der Waals surface area contributed by atoms with Crippen molar-refractivity contribution in [1.82, 2.24) is 0 Å². The van der Waals surface area contributed by atoms with Crippen molar-refractivity contribution in [1.29, 1.82) is 0 Å². The van der Waals surface area contributed by atoms with Crippen molar-refractivity contribution < 1.29 is 98.1 Å². The van der Waals surface area contributed by atoms with Crippen LogP contribution < -0.4 is 0 Å². The molecule has 3 heteroatoms. The predicted octanol–water partition coefficient (Wildman–Crippen LogP) is 2.49. The molecule has 0 heterocycles. The van der Waals surface area contributed by atoms with E-state index >= 15 is 0 Å². The fourth-order valence-electron chi connectivity index (χ4n) is 0.633. The van der Waals surface area contributed by atoms with Gasteiger partial charge in [-0.05, 0) is 0 Å². The van der Waals surface area contributed by atoms with Crippen LogP contribution in [0.25, 0.3) is 0 Å². The van der Waals surface area contributed by atoms with Crippen molar-refractivity contribution in [3.8, 4) is 0 Å². The van der Waals surface area contributed by atoms with Gasteiger partial charge in [-0.25, -0.2) is 6.92 Å². The van der Waals surface area contributed by atoms with Crippen LogP contribution in [0.15, 0.2) is 0 Å². The molecule has 0 bridgehead atoms. The number of hydrogen-bond donors (Lipinski definition) is 0. The van der Waals surface area contributed by atoms with Crippen LogP contribution in [-0.2, 0) is 98.1 Å². The van der Waals surface area contributed by atoms with E-state index in [0.29, 0.717) is 0 Å². The first kappa shape index (κ1) is 23.9. The minimum Gasteiger partial charge on any atom is -0.374 e. The maximum absolute atomic E-state index is 5.20. The zero-order valence-electron chi connectivity index (χ0n) is 7.38. The first-order valence-electron chi connectivity index (χ1n) is 2.93. The molecule has 0 unspecified atom stereocenters. The summed E-state index contributed by atoms with van der Waals surface area (Å²) in [6, 6.07) is 0. The Hall–Kier alpha value is 3.31. The van der Waals surface area contributed by atoms with Crippen molar-refractivity contribution in [3.05, 3.63) is 25.7 Å². The molecule has 57 valence electrons. The molecule has 0 amide bonds. The van der Waals surface area contributed by atoms with Gasteiger partial charge in [0.05, 0.1) is 0 Å². The van der Waals surface area contributed by atoms with Crippen LogP contribution in [0.1, 0.15) is 26.7 Å². The van der Waals surface area contributed by atoms with Gasteiger partial charge in [0, 0.05) is 98.1 Å². The number of hydrogen-bond acceptors (Lipinski definition) is 0. The average Bonchev–Trinajstić information content (AvgIpc) is 1.68. The van der Waals surface area contributed by atoms with E-state index in [4.69, 9.17) is 6.92 Å². The molecule has 0 N–H and O–H groups in total. The van der Waals surface area contributed by atoms with Gasteiger partial charge in [-0.15, -0.1) is 0 Å². The van der Waals surface area contributed by atoms with Gasteiger partial charge in [0.15, 0.2) is 0 Å². The molecule has 0 aromatic heterocycles. The van der Waals surface area contributed by atoms with E-state index in [0.717, 1.165) is 12.8 Å². The van der Waals surface area contributed by atoms with E-state index in [1.54, 1.807) is 6.42 Å². The first-order chi connectivity index (χ1) is 3.81. The average molecular weight is 376 g/mol. The van der Waals surface area contributed by atoms with E-state index in [-0.39, 0.29) is 98.1 Å². The van der Waals surface area contributed by atoms with Crippen LogP contribution in [0.4, 0.5) is 0 Å². The Kier molecular flexibility index (Phi) is 41.1. The fourth-order valence-corrected chi connectivity index (χ4v) is 0.633. The van der Waals surface area contributed by atoms with Crippen LogP contribution in [0.2, 0.25) is 0 Å². The van der Waals surface area contributed by atoms with Gasteiger partial charge < -0.3 is 31.6 Å². The van der Waals surface area contributed by atoms with Crippen LogP contribution in [0.5, 0.6) is 0 Å². The molecule has 0 aromatic carbocycles. The van der Waals surface area contributed by atoms with Crippen molar-refractivity contribution in [2.45, 2.75) is 26.7 Å². The minimum atomic E-state index is 0. The zero-order valence-corrected chi connectivity index (χ0v) is 15.9. The van der Waals surface area contributed by atoms with Crippen molar-refractivity contribution >= 4 is 0 Å². The third-order valence-corrected chi connectivity index (χ3v) is 1.02. The molecule has 0 aliphatic heterocycles. The van der Waals surface area contributed by atoms with Gasteiger partial charge in [0.2, 0.25) is 0 Å². The molecule has 0 aromatic rings. The monoisotopic (exact) mass is 376 g/mol. The summed E-state index contributed by atoms with van der Waals surface area (Å²) in [6.07, 6.45) is 5.87. The standard InChI is InChI=1S/C8H13.3Y/c1-4-6-8(3)7-5-2;;;/h1,4-5H,6-7H2,2-3H3;;;/q-3;;;. The van der Waals surface area contributed by atoms with E-state index in [1.807, 2.05) is 0 Å². The van der Waals surface area contributed by atoms with Crippen LogP contribution in [0.3, 0.4) is 0 Å². The molecule has 0 aliphatic carbocycles. The van der Waals surface area contributed by atoms with Gasteiger partial charge in [-0.3, -0.25) is 0 Å². The molecule has 0 spiro atoms. The van der Waals surface area contributed by atoms with Crippen molar-refractivity contribution in [3.63, 3.8) is 0 Å².